The normalized spacial score (nSPS) is 14.3. The molecule has 1 saturated heterocycles. The molecule has 1 fully saturated rings. The van der Waals surface area contributed by atoms with Crippen molar-refractivity contribution in [2.24, 2.45) is 0 Å². The number of carbonyl (C=O) groups is 1. The van der Waals surface area contributed by atoms with E-state index in [-0.39, 0.29) is 12.5 Å². The number of amides is 1. The fourth-order valence-corrected chi connectivity index (χ4v) is 3.79. The number of hydrogen-bond acceptors (Lipinski definition) is 4. The largest absolute Gasteiger partial charge is 0.483 e. The van der Waals surface area contributed by atoms with Crippen LogP contribution >= 0.6 is 0 Å². The van der Waals surface area contributed by atoms with E-state index < -0.39 is 0 Å². The molecule has 0 bridgehead atoms. The Morgan fingerprint density at radius 1 is 0.931 bits per heavy atom. The Balaban J connectivity index is 1.35. The average Bonchev–Trinajstić information content (AvgIpc) is 2.76. The van der Waals surface area contributed by atoms with Crippen molar-refractivity contribution in [3.63, 3.8) is 0 Å². The Kier molecular flexibility index (Phi) is 5.38. The Labute approximate surface area is 171 Å². The molecule has 0 unspecified atom stereocenters. The molecule has 4 rings (SSSR count). The molecular formula is C24H27N3O2. The SMILES string of the molecule is Cc1ccc(C)c(OCC(=O)N2CCN(c3ccc4ccccc4n3)CC2)c1C. The van der Waals surface area contributed by atoms with E-state index in [1.54, 1.807) is 0 Å². The van der Waals surface area contributed by atoms with Crippen molar-refractivity contribution in [3.8, 4) is 5.75 Å². The van der Waals surface area contributed by atoms with Crippen LogP contribution < -0.4 is 9.64 Å². The first kappa shape index (κ1) is 19.2. The van der Waals surface area contributed by atoms with Gasteiger partial charge in [-0.2, -0.15) is 0 Å². The molecule has 0 N–H and O–H groups in total. The molecule has 0 aliphatic carbocycles. The number of hydrogen-bond donors (Lipinski definition) is 0. The summed E-state index contributed by atoms with van der Waals surface area (Å²) in [6.07, 6.45) is 0. The fraction of sp³-hybridized carbons (Fsp3) is 0.333. The zero-order valence-corrected chi connectivity index (χ0v) is 17.3. The van der Waals surface area contributed by atoms with Crippen LogP contribution in [0.15, 0.2) is 48.5 Å². The number of ether oxygens (including phenoxy) is 1. The minimum Gasteiger partial charge on any atom is -0.483 e. The summed E-state index contributed by atoms with van der Waals surface area (Å²) >= 11 is 0. The Hall–Kier alpha value is -3.08. The number of carbonyl (C=O) groups excluding carboxylic acids is 1. The number of fused-ring (bicyclic) bond motifs is 1. The predicted octanol–water partition coefficient (Wildman–Crippen LogP) is 3.89. The second-order valence-electron chi connectivity index (χ2n) is 7.67. The highest BCUT2D eigenvalue weighted by Gasteiger charge is 2.22. The van der Waals surface area contributed by atoms with Gasteiger partial charge in [-0.05, 0) is 55.7 Å². The predicted molar refractivity (Wildman–Crippen MR) is 117 cm³/mol. The van der Waals surface area contributed by atoms with Crippen molar-refractivity contribution < 1.29 is 9.53 Å². The maximum Gasteiger partial charge on any atom is 0.260 e. The minimum atomic E-state index is 0.0384. The molecule has 1 aliphatic rings. The van der Waals surface area contributed by atoms with Gasteiger partial charge in [0.25, 0.3) is 5.91 Å². The van der Waals surface area contributed by atoms with E-state index in [0.717, 1.165) is 46.7 Å². The van der Waals surface area contributed by atoms with Gasteiger partial charge in [-0.3, -0.25) is 4.79 Å². The zero-order chi connectivity index (χ0) is 20.4. The molecule has 5 heteroatoms. The number of benzene rings is 2. The Bertz CT molecular complexity index is 1040. The number of piperazine rings is 1. The molecule has 1 aromatic heterocycles. The number of anilines is 1. The van der Waals surface area contributed by atoms with Gasteiger partial charge >= 0.3 is 0 Å². The molecule has 0 radical (unpaired) electrons. The van der Waals surface area contributed by atoms with Gasteiger partial charge in [0.15, 0.2) is 6.61 Å². The first-order valence-corrected chi connectivity index (χ1v) is 10.1. The van der Waals surface area contributed by atoms with E-state index >= 15 is 0 Å². The van der Waals surface area contributed by atoms with Gasteiger partial charge in [0.1, 0.15) is 11.6 Å². The highest BCUT2D eigenvalue weighted by Crippen LogP contribution is 2.26. The van der Waals surface area contributed by atoms with Crippen LogP contribution in [0.25, 0.3) is 10.9 Å². The lowest BCUT2D eigenvalue weighted by Crippen LogP contribution is -2.50. The van der Waals surface area contributed by atoms with Gasteiger partial charge in [-0.1, -0.05) is 30.3 Å². The monoisotopic (exact) mass is 389 g/mol. The second-order valence-corrected chi connectivity index (χ2v) is 7.67. The lowest BCUT2D eigenvalue weighted by atomic mass is 10.1. The van der Waals surface area contributed by atoms with E-state index in [1.165, 1.54) is 5.56 Å². The van der Waals surface area contributed by atoms with Gasteiger partial charge < -0.3 is 14.5 Å². The number of para-hydroxylation sites is 1. The number of aromatic nitrogens is 1. The number of nitrogens with zero attached hydrogens (tertiary/aromatic N) is 3. The van der Waals surface area contributed by atoms with Crippen molar-refractivity contribution in [3.05, 3.63) is 65.2 Å². The van der Waals surface area contributed by atoms with E-state index in [0.29, 0.717) is 13.1 Å². The Morgan fingerprint density at radius 2 is 1.66 bits per heavy atom. The van der Waals surface area contributed by atoms with Crippen molar-refractivity contribution in [1.29, 1.82) is 0 Å². The molecule has 3 aromatic rings. The second kappa shape index (κ2) is 8.11. The molecular weight excluding hydrogens is 362 g/mol. The average molecular weight is 389 g/mol. The Morgan fingerprint density at radius 3 is 2.45 bits per heavy atom. The first-order chi connectivity index (χ1) is 14.0. The van der Waals surface area contributed by atoms with Gasteiger partial charge in [-0.15, -0.1) is 0 Å². The minimum absolute atomic E-state index is 0.0384. The van der Waals surface area contributed by atoms with Crippen LogP contribution in [0, 0.1) is 20.8 Å². The maximum atomic E-state index is 12.7. The van der Waals surface area contributed by atoms with Gasteiger partial charge in [0.05, 0.1) is 5.52 Å². The van der Waals surface area contributed by atoms with E-state index in [4.69, 9.17) is 9.72 Å². The molecule has 0 atom stereocenters. The highest BCUT2D eigenvalue weighted by molar-refractivity contribution is 5.80. The molecule has 5 nitrogen and oxygen atoms in total. The molecule has 1 aliphatic heterocycles. The van der Waals surface area contributed by atoms with Crippen LogP contribution in [-0.2, 0) is 4.79 Å². The van der Waals surface area contributed by atoms with E-state index in [2.05, 4.69) is 36.1 Å². The molecule has 0 spiro atoms. The molecule has 29 heavy (non-hydrogen) atoms. The maximum absolute atomic E-state index is 12.7. The van der Waals surface area contributed by atoms with Crippen molar-refractivity contribution >= 4 is 22.6 Å². The summed E-state index contributed by atoms with van der Waals surface area (Å²) in [6.45, 7) is 9.12. The third kappa shape index (κ3) is 4.04. The third-order valence-corrected chi connectivity index (χ3v) is 5.75. The first-order valence-electron chi connectivity index (χ1n) is 10.1. The van der Waals surface area contributed by atoms with Crippen LogP contribution in [0.2, 0.25) is 0 Å². The molecule has 2 aromatic carbocycles. The smallest absolute Gasteiger partial charge is 0.260 e. The lowest BCUT2D eigenvalue weighted by Gasteiger charge is -2.35. The molecule has 0 saturated carbocycles. The van der Waals surface area contributed by atoms with Crippen LogP contribution in [0.3, 0.4) is 0 Å². The summed E-state index contributed by atoms with van der Waals surface area (Å²) in [5.41, 5.74) is 4.34. The fourth-order valence-electron chi connectivity index (χ4n) is 3.79. The zero-order valence-electron chi connectivity index (χ0n) is 17.3. The van der Waals surface area contributed by atoms with Gasteiger partial charge in [0, 0.05) is 31.6 Å². The van der Waals surface area contributed by atoms with Gasteiger partial charge in [0.2, 0.25) is 0 Å². The van der Waals surface area contributed by atoms with Crippen molar-refractivity contribution in [1.82, 2.24) is 9.88 Å². The molecule has 2 heterocycles. The number of rotatable bonds is 4. The van der Waals surface area contributed by atoms with E-state index in [9.17, 15) is 4.79 Å². The van der Waals surface area contributed by atoms with Crippen LogP contribution in [0.1, 0.15) is 16.7 Å². The summed E-state index contributed by atoms with van der Waals surface area (Å²) in [5, 5.41) is 1.14. The summed E-state index contributed by atoms with van der Waals surface area (Å²) in [4.78, 5) is 21.6. The third-order valence-electron chi connectivity index (χ3n) is 5.75. The highest BCUT2D eigenvalue weighted by atomic mass is 16.5. The molecule has 150 valence electrons. The summed E-state index contributed by atoms with van der Waals surface area (Å²) in [6, 6.07) is 16.4. The summed E-state index contributed by atoms with van der Waals surface area (Å²) in [5.74, 6) is 1.84. The van der Waals surface area contributed by atoms with Gasteiger partial charge in [-0.25, -0.2) is 4.98 Å². The molecule has 1 amide bonds. The quantitative estimate of drug-likeness (QED) is 0.679. The van der Waals surface area contributed by atoms with Crippen LogP contribution in [0.5, 0.6) is 5.75 Å². The van der Waals surface area contributed by atoms with Crippen LogP contribution in [-0.4, -0.2) is 48.6 Å². The van der Waals surface area contributed by atoms with Crippen molar-refractivity contribution in [2.45, 2.75) is 20.8 Å². The number of pyridine rings is 1. The number of aryl methyl sites for hydroxylation is 2. The summed E-state index contributed by atoms with van der Waals surface area (Å²) < 4.78 is 5.91. The van der Waals surface area contributed by atoms with Crippen LogP contribution in [0.4, 0.5) is 5.82 Å². The van der Waals surface area contributed by atoms with Crippen molar-refractivity contribution in [2.75, 3.05) is 37.7 Å². The summed E-state index contributed by atoms with van der Waals surface area (Å²) in [7, 11) is 0. The standard InChI is InChI=1S/C24H27N3O2/c1-17-8-9-18(2)24(19(17)3)29-16-23(28)27-14-12-26(13-15-27)22-11-10-20-6-4-5-7-21(20)25-22/h4-11H,12-16H2,1-3H3. The topological polar surface area (TPSA) is 45.7 Å². The van der Waals surface area contributed by atoms with E-state index in [1.807, 2.05) is 43.0 Å². The lowest BCUT2D eigenvalue weighted by molar-refractivity contribution is -0.133.